The summed E-state index contributed by atoms with van der Waals surface area (Å²) in [5.74, 6) is 0.601. The van der Waals surface area contributed by atoms with E-state index < -0.39 is 0 Å². The molecule has 0 aliphatic carbocycles. The molecule has 3 nitrogen and oxygen atoms in total. The van der Waals surface area contributed by atoms with Crippen molar-refractivity contribution in [3.8, 4) is 0 Å². The fraction of sp³-hybridized carbons (Fsp3) is 0.105. The van der Waals surface area contributed by atoms with Gasteiger partial charge in [0.2, 0.25) is 0 Å². The Kier molecular flexibility index (Phi) is 3.55. The first-order chi connectivity index (χ1) is 10.6. The molecule has 0 saturated heterocycles. The summed E-state index contributed by atoms with van der Waals surface area (Å²) in [5.41, 5.74) is 3.26. The first-order valence-corrected chi connectivity index (χ1v) is 7.09. The van der Waals surface area contributed by atoms with Gasteiger partial charge in [-0.05, 0) is 24.6 Å². The predicted octanol–water partition coefficient (Wildman–Crippen LogP) is 4.21. The van der Waals surface area contributed by atoms with E-state index in [4.69, 9.17) is 4.42 Å². The highest BCUT2D eigenvalue weighted by atomic mass is 16.3. The van der Waals surface area contributed by atoms with Crippen LogP contribution in [0.3, 0.4) is 0 Å². The molecule has 0 aliphatic rings. The maximum Gasteiger partial charge on any atom is 0.193 e. The van der Waals surface area contributed by atoms with Crippen molar-refractivity contribution in [3.63, 3.8) is 0 Å². The van der Waals surface area contributed by atoms with Crippen LogP contribution in [0.1, 0.15) is 11.3 Å². The first kappa shape index (κ1) is 14.1. The molecule has 0 N–H and O–H groups in total. The number of hydrogen-bond acceptors (Lipinski definition) is 3. The van der Waals surface area contributed by atoms with E-state index in [2.05, 4.69) is 6.58 Å². The van der Waals surface area contributed by atoms with Gasteiger partial charge in [-0.25, -0.2) is 0 Å². The van der Waals surface area contributed by atoms with Crippen molar-refractivity contribution < 1.29 is 4.42 Å². The second kappa shape index (κ2) is 5.53. The molecule has 3 rings (SSSR count). The summed E-state index contributed by atoms with van der Waals surface area (Å²) in [7, 11) is 1.92. The number of aryl methyl sites for hydroxylation is 1. The Labute approximate surface area is 129 Å². The Morgan fingerprint density at radius 1 is 1.09 bits per heavy atom. The summed E-state index contributed by atoms with van der Waals surface area (Å²) in [6.07, 6.45) is 0. The number of para-hydroxylation sites is 1. The third-order valence-corrected chi connectivity index (χ3v) is 3.73. The summed E-state index contributed by atoms with van der Waals surface area (Å²) >= 11 is 0. The van der Waals surface area contributed by atoms with Crippen molar-refractivity contribution in [1.82, 2.24) is 0 Å². The standard InChI is InChI=1S/C19H17NO2/c1-13-12-18(21)16-10-7-11-17(19(16)22-13)20(3)14(2)15-8-5-4-6-9-15/h4-12H,2H2,1,3H3. The molecule has 3 aromatic rings. The minimum absolute atomic E-state index is 0.0284. The van der Waals surface area contributed by atoms with Gasteiger partial charge in [0.05, 0.1) is 11.1 Å². The zero-order valence-corrected chi connectivity index (χ0v) is 12.7. The summed E-state index contributed by atoms with van der Waals surface area (Å²) in [5, 5.41) is 0.579. The Morgan fingerprint density at radius 2 is 1.82 bits per heavy atom. The van der Waals surface area contributed by atoms with E-state index in [-0.39, 0.29) is 5.43 Å². The van der Waals surface area contributed by atoms with E-state index in [9.17, 15) is 4.79 Å². The van der Waals surface area contributed by atoms with Gasteiger partial charge in [0, 0.05) is 18.8 Å². The number of fused-ring (bicyclic) bond motifs is 1. The zero-order chi connectivity index (χ0) is 15.7. The van der Waals surface area contributed by atoms with Crippen molar-refractivity contribution >= 4 is 22.4 Å². The van der Waals surface area contributed by atoms with E-state index >= 15 is 0 Å². The Hall–Kier alpha value is -2.81. The topological polar surface area (TPSA) is 33.5 Å². The molecule has 0 unspecified atom stereocenters. The Balaban J connectivity index is 2.14. The predicted molar refractivity (Wildman–Crippen MR) is 91.1 cm³/mol. The van der Waals surface area contributed by atoms with E-state index in [0.717, 1.165) is 16.9 Å². The summed E-state index contributed by atoms with van der Waals surface area (Å²) in [6.45, 7) is 5.94. The Bertz CT molecular complexity index is 894. The van der Waals surface area contributed by atoms with Crippen LogP contribution in [0.5, 0.6) is 0 Å². The quantitative estimate of drug-likeness (QED) is 0.725. The van der Waals surface area contributed by atoms with Gasteiger partial charge >= 0.3 is 0 Å². The van der Waals surface area contributed by atoms with Crippen LogP contribution in [0.15, 0.2) is 70.4 Å². The van der Waals surface area contributed by atoms with Crippen LogP contribution in [-0.4, -0.2) is 7.05 Å². The number of anilines is 1. The minimum Gasteiger partial charge on any atom is -0.459 e. The average Bonchev–Trinajstić information content (AvgIpc) is 2.54. The van der Waals surface area contributed by atoms with Gasteiger partial charge in [0.25, 0.3) is 0 Å². The molecule has 0 amide bonds. The smallest absolute Gasteiger partial charge is 0.193 e. The SMILES string of the molecule is C=C(c1ccccc1)N(C)c1cccc2c(=O)cc(C)oc12. The van der Waals surface area contributed by atoms with Gasteiger partial charge in [0.15, 0.2) is 11.0 Å². The van der Waals surface area contributed by atoms with Crippen molar-refractivity contribution in [2.45, 2.75) is 6.92 Å². The number of hydrogen-bond donors (Lipinski definition) is 0. The zero-order valence-electron chi connectivity index (χ0n) is 12.7. The maximum absolute atomic E-state index is 12.1. The molecule has 1 heterocycles. The second-order valence-electron chi connectivity index (χ2n) is 5.25. The average molecular weight is 291 g/mol. The summed E-state index contributed by atoms with van der Waals surface area (Å²) in [6, 6.07) is 17.0. The van der Waals surface area contributed by atoms with Crippen LogP contribution in [0.25, 0.3) is 16.7 Å². The third kappa shape index (κ3) is 2.42. The van der Waals surface area contributed by atoms with Gasteiger partial charge in [-0.3, -0.25) is 4.79 Å². The normalized spacial score (nSPS) is 10.6. The highest BCUT2D eigenvalue weighted by Crippen LogP contribution is 2.29. The highest BCUT2D eigenvalue weighted by Gasteiger charge is 2.14. The first-order valence-electron chi connectivity index (χ1n) is 7.09. The third-order valence-electron chi connectivity index (χ3n) is 3.73. The van der Waals surface area contributed by atoms with Crippen molar-refractivity contribution in [3.05, 3.63) is 82.7 Å². The monoisotopic (exact) mass is 291 g/mol. The lowest BCUT2D eigenvalue weighted by Gasteiger charge is -2.22. The summed E-state index contributed by atoms with van der Waals surface area (Å²) < 4.78 is 5.80. The van der Waals surface area contributed by atoms with Crippen LogP contribution >= 0.6 is 0 Å². The van der Waals surface area contributed by atoms with E-state index in [1.165, 1.54) is 6.07 Å². The van der Waals surface area contributed by atoms with Crippen LogP contribution in [0.2, 0.25) is 0 Å². The van der Waals surface area contributed by atoms with Crippen molar-refractivity contribution in [2.75, 3.05) is 11.9 Å². The number of rotatable bonds is 3. The Morgan fingerprint density at radius 3 is 2.55 bits per heavy atom. The molecule has 0 aliphatic heterocycles. The van der Waals surface area contributed by atoms with Crippen LogP contribution in [0, 0.1) is 6.92 Å². The van der Waals surface area contributed by atoms with Crippen molar-refractivity contribution in [2.24, 2.45) is 0 Å². The maximum atomic E-state index is 12.1. The number of benzene rings is 2. The van der Waals surface area contributed by atoms with Crippen LogP contribution in [0.4, 0.5) is 5.69 Å². The highest BCUT2D eigenvalue weighted by molar-refractivity contribution is 5.93. The molecule has 2 aromatic carbocycles. The molecule has 0 radical (unpaired) electrons. The van der Waals surface area contributed by atoms with Gasteiger partial charge in [-0.1, -0.05) is 43.0 Å². The van der Waals surface area contributed by atoms with Gasteiger partial charge in [-0.2, -0.15) is 0 Å². The van der Waals surface area contributed by atoms with Gasteiger partial charge in [-0.15, -0.1) is 0 Å². The van der Waals surface area contributed by atoms with E-state index in [0.29, 0.717) is 16.7 Å². The molecular formula is C19H17NO2. The lowest BCUT2D eigenvalue weighted by Crippen LogP contribution is -2.15. The fourth-order valence-electron chi connectivity index (χ4n) is 2.51. The molecule has 0 fully saturated rings. The molecule has 0 bridgehead atoms. The van der Waals surface area contributed by atoms with Gasteiger partial charge in [0.1, 0.15) is 5.76 Å². The molecular weight excluding hydrogens is 274 g/mol. The molecule has 1 aromatic heterocycles. The molecule has 0 spiro atoms. The molecule has 22 heavy (non-hydrogen) atoms. The van der Waals surface area contributed by atoms with Crippen molar-refractivity contribution in [1.29, 1.82) is 0 Å². The minimum atomic E-state index is -0.0284. The summed E-state index contributed by atoms with van der Waals surface area (Å²) in [4.78, 5) is 14.1. The fourth-order valence-corrected chi connectivity index (χ4v) is 2.51. The van der Waals surface area contributed by atoms with Crippen LogP contribution < -0.4 is 10.3 Å². The van der Waals surface area contributed by atoms with E-state index in [1.807, 2.05) is 54.4 Å². The molecule has 110 valence electrons. The molecule has 3 heteroatoms. The second-order valence-corrected chi connectivity index (χ2v) is 5.25. The lowest BCUT2D eigenvalue weighted by atomic mass is 10.1. The number of nitrogens with zero attached hydrogens (tertiary/aromatic N) is 1. The largest absolute Gasteiger partial charge is 0.459 e. The van der Waals surface area contributed by atoms with Gasteiger partial charge < -0.3 is 9.32 Å². The molecule has 0 saturated carbocycles. The lowest BCUT2D eigenvalue weighted by molar-refractivity contribution is 0.565. The molecule has 0 atom stereocenters. The van der Waals surface area contributed by atoms with E-state index in [1.54, 1.807) is 13.0 Å². The van der Waals surface area contributed by atoms with Crippen LogP contribution in [-0.2, 0) is 0 Å².